The van der Waals surface area contributed by atoms with Crippen LogP contribution in [0, 0.1) is 11.6 Å². The summed E-state index contributed by atoms with van der Waals surface area (Å²) < 4.78 is 26.6. The summed E-state index contributed by atoms with van der Waals surface area (Å²) in [5, 5.41) is 9.63. The van der Waals surface area contributed by atoms with Gasteiger partial charge in [-0.1, -0.05) is 12.1 Å². The van der Waals surface area contributed by atoms with E-state index < -0.39 is 17.6 Å². The van der Waals surface area contributed by atoms with Gasteiger partial charge in [0.1, 0.15) is 17.3 Å². The SMILES string of the molecule is O=C(O)c1cc2ccc(-c3ccc(F)cc3F)cc2[nH]1. The topological polar surface area (TPSA) is 53.1 Å². The summed E-state index contributed by atoms with van der Waals surface area (Å²) >= 11 is 0. The lowest BCUT2D eigenvalue weighted by Gasteiger charge is -2.03. The third-order valence-corrected chi connectivity index (χ3v) is 3.10. The van der Waals surface area contributed by atoms with E-state index in [9.17, 15) is 13.6 Å². The molecule has 0 unspecified atom stereocenters. The van der Waals surface area contributed by atoms with Gasteiger partial charge in [-0.2, -0.15) is 0 Å². The van der Waals surface area contributed by atoms with Gasteiger partial charge in [0, 0.05) is 22.5 Å². The van der Waals surface area contributed by atoms with Crippen LogP contribution >= 0.6 is 0 Å². The van der Waals surface area contributed by atoms with E-state index in [1.165, 1.54) is 18.2 Å². The first-order chi connectivity index (χ1) is 9.54. The van der Waals surface area contributed by atoms with Crippen molar-refractivity contribution >= 4 is 16.9 Å². The lowest BCUT2D eigenvalue weighted by Crippen LogP contribution is -1.94. The predicted molar refractivity (Wildman–Crippen MR) is 70.6 cm³/mol. The largest absolute Gasteiger partial charge is 0.477 e. The van der Waals surface area contributed by atoms with Crippen LogP contribution in [0.2, 0.25) is 0 Å². The molecule has 0 amide bonds. The normalized spacial score (nSPS) is 10.9. The molecule has 3 nitrogen and oxygen atoms in total. The average Bonchev–Trinajstić information content (AvgIpc) is 2.81. The maximum Gasteiger partial charge on any atom is 0.352 e. The van der Waals surface area contributed by atoms with Crippen LogP contribution in [-0.2, 0) is 0 Å². The first-order valence-electron chi connectivity index (χ1n) is 5.86. The first-order valence-corrected chi connectivity index (χ1v) is 5.86. The molecule has 0 saturated heterocycles. The van der Waals surface area contributed by atoms with Gasteiger partial charge >= 0.3 is 5.97 Å². The molecule has 0 aliphatic carbocycles. The molecule has 0 bridgehead atoms. The first kappa shape index (κ1) is 12.3. The molecule has 0 aliphatic heterocycles. The van der Waals surface area contributed by atoms with Gasteiger partial charge in [-0.25, -0.2) is 13.6 Å². The lowest BCUT2D eigenvalue weighted by atomic mass is 10.0. The Morgan fingerprint density at radius 3 is 2.55 bits per heavy atom. The minimum atomic E-state index is -1.06. The highest BCUT2D eigenvalue weighted by atomic mass is 19.1. The molecule has 1 aromatic heterocycles. The van der Waals surface area contributed by atoms with Crippen molar-refractivity contribution in [3.05, 3.63) is 59.8 Å². The molecule has 0 spiro atoms. The second-order valence-electron chi connectivity index (χ2n) is 4.41. The maximum absolute atomic E-state index is 13.7. The van der Waals surface area contributed by atoms with Crippen LogP contribution in [0.15, 0.2) is 42.5 Å². The monoisotopic (exact) mass is 273 g/mol. The number of aromatic amines is 1. The lowest BCUT2D eigenvalue weighted by molar-refractivity contribution is 0.0691. The number of H-pyrrole nitrogens is 1. The number of nitrogens with one attached hydrogen (secondary N) is 1. The zero-order valence-corrected chi connectivity index (χ0v) is 10.2. The summed E-state index contributed by atoms with van der Waals surface area (Å²) in [4.78, 5) is 13.6. The van der Waals surface area contributed by atoms with Crippen LogP contribution in [-0.4, -0.2) is 16.1 Å². The molecular formula is C15H9F2NO2. The molecule has 2 N–H and O–H groups in total. The van der Waals surface area contributed by atoms with Gasteiger partial charge in [0.2, 0.25) is 0 Å². The maximum atomic E-state index is 13.7. The smallest absolute Gasteiger partial charge is 0.352 e. The highest BCUT2D eigenvalue weighted by Gasteiger charge is 2.10. The van der Waals surface area contributed by atoms with E-state index in [4.69, 9.17) is 5.11 Å². The molecule has 2 aromatic carbocycles. The molecule has 5 heteroatoms. The fraction of sp³-hybridized carbons (Fsp3) is 0. The third-order valence-electron chi connectivity index (χ3n) is 3.10. The minimum Gasteiger partial charge on any atom is -0.477 e. The number of benzene rings is 2. The number of hydrogen-bond acceptors (Lipinski definition) is 1. The Kier molecular flexibility index (Phi) is 2.75. The van der Waals surface area contributed by atoms with Crippen LogP contribution < -0.4 is 0 Å². The van der Waals surface area contributed by atoms with Crippen LogP contribution in [0.3, 0.4) is 0 Å². The van der Waals surface area contributed by atoms with Crippen molar-refractivity contribution in [1.29, 1.82) is 0 Å². The van der Waals surface area contributed by atoms with Crippen LogP contribution in [0.25, 0.3) is 22.0 Å². The number of aromatic nitrogens is 1. The summed E-state index contributed by atoms with van der Waals surface area (Å²) in [7, 11) is 0. The second-order valence-corrected chi connectivity index (χ2v) is 4.41. The van der Waals surface area contributed by atoms with Crippen LogP contribution in [0.4, 0.5) is 8.78 Å². The van der Waals surface area contributed by atoms with E-state index in [1.54, 1.807) is 18.2 Å². The van der Waals surface area contributed by atoms with E-state index in [1.807, 2.05) is 0 Å². The summed E-state index contributed by atoms with van der Waals surface area (Å²) in [6.07, 6.45) is 0. The van der Waals surface area contributed by atoms with E-state index in [2.05, 4.69) is 4.98 Å². The summed E-state index contributed by atoms with van der Waals surface area (Å²) in [5.74, 6) is -2.36. The van der Waals surface area contributed by atoms with E-state index >= 15 is 0 Å². The molecule has 0 radical (unpaired) electrons. The fourth-order valence-electron chi connectivity index (χ4n) is 2.13. The number of halogens is 2. The molecule has 0 fully saturated rings. The molecule has 0 atom stereocenters. The minimum absolute atomic E-state index is 0.0664. The molecule has 3 aromatic rings. The van der Waals surface area contributed by atoms with Gasteiger partial charge in [-0.15, -0.1) is 0 Å². The Morgan fingerprint density at radius 1 is 1.05 bits per heavy atom. The Labute approximate surface area is 112 Å². The standard InChI is InChI=1S/C15H9F2NO2/c16-10-3-4-11(12(17)7-10)8-1-2-9-6-14(15(19)20)18-13(9)5-8/h1-7,18H,(H,19,20). The number of fused-ring (bicyclic) bond motifs is 1. The van der Waals surface area contributed by atoms with Crippen molar-refractivity contribution in [3.63, 3.8) is 0 Å². The third kappa shape index (κ3) is 2.03. The van der Waals surface area contributed by atoms with Crippen LogP contribution in [0.5, 0.6) is 0 Å². The summed E-state index contributed by atoms with van der Waals surface area (Å²) in [6.45, 7) is 0. The molecule has 1 heterocycles. The van der Waals surface area contributed by atoms with Gasteiger partial charge < -0.3 is 10.1 Å². The number of carboxylic acid groups (broad SMARTS) is 1. The Morgan fingerprint density at radius 2 is 1.85 bits per heavy atom. The van der Waals surface area contributed by atoms with Crippen molar-refractivity contribution in [2.24, 2.45) is 0 Å². The number of carbonyl (C=O) groups is 1. The van der Waals surface area contributed by atoms with Gasteiger partial charge in [-0.3, -0.25) is 0 Å². The summed E-state index contributed by atoms with van der Waals surface area (Å²) in [6, 6.07) is 9.85. The quantitative estimate of drug-likeness (QED) is 0.746. The molecule has 0 saturated carbocycles. The zero-order valence-electron chi connectivity index (χ0n) is 10.2. The molecular weight excluding hydrogens is 264 g/mol. The highest BCUT2D eigenvalue weighted by molar-refractivity contribution is 5.95. The van der Waals surface area contributed by atoms with Crippen molar-refractivity contribution in [1.82, 2.24) is 4.98 Å². The van der Waals surface area contributed by atoms with Crippen molar-refractivity contribution in [2.75, 3.05) is 0 Å². The average molecular weight is 273 g/mol. The highest BCUT2D eigenvalue weighted by Crippen LogP contribution is 2.27. The molecule has 0 aliphatic rings. The molecule has 20 heavy (non-hydrogen) atoms. The molecule has 100 valence electrons. The van der Waals surface area contributed by atoms with Gasteiger partial charge in [0.15, 0.2) is 0 Å². The van der Waals surface area contributed by atoms with Crippen molar-refractivity contribution < 1.29 is 18.7 Å². The molecule has 3 rings (SSSR count). The number of rotatable bonds is 2. The van der Waals surface area contributed by atoms with Gasteiger partial charge in [0.05, 0.1) is 0 Å². The van der Waals surface area contributed by atoms with E-state index in [0.717, 1.165) is 6.07 Å². The van der Waals surface area contributed by atoms with E-state index in [-0.39, 0.29) is 11.3 Å². The predicted octanol–water partition coefficient (Wildman–Crippen LogP) is 3.81. The van der Waals surface area contributed by atoms with Gasteiger partial charge in [0.25, 0.3) is 0 Å². The zero-order chi connectivity index (χ0) is 14.3. The Bertz CT molecular complexity index is 824. The van der Waals surface area contributed by atoms with E-state index in [0.29, 0.717) is 16.5 Å². The number of hydrogen-bond donors (Lipinski definition) is 2. The Balaban J connectivity index is 2.14. The fourth-order valence-corrected chi connectivity index (χ4v) is 2.13. The number of carboxylic acids is 1. The second kappa shape index (κ2) is 4.45. The summed E-state index contributed by atoms with van der Waals surface area (Å²) in [5.41, 5.74) is 1.47. The van der Waals surface area contributed by atoms with Crippen LogP contribution in [0.1, 0.15) is 10.5 Å². The Hall–Kier alpha value is -2.69. The van der Waals surface area contributed by atoms with Crippen molar-refractivity contribution in [3.8, 4) is 11.1 Å². The number of aromatic carboxylic acids is 1. The van der Waals surface area contributed by atoms with Crippen molar-refractivity contribution in [2.45, 2.75) is 0 Å². The van der Waals surface area contributed by atoms with Gasteiger partial charge in [-0.05, 0) is 29.8 Å².